The molecule has 3 heteroatoms. The lowest BCUT2D eigenvalue weighted by Crippen LogP contribution is -2.08. The van der Waals surface area contributed by atoms with Gasteiger partial charge in [-0.25, -0.2) is 0 Å². The van der Waals surface area contributed by atoms with Crippen molar-refractivity contribution in [1.82, 2.24) is 4.98 Å². The van der Waals surface area contributed by atoms with Crippen LogP contribution in [0.15, 0.2) is 24.4 Å². The quantitative estimate of drug-likeness (QED) is 0.802. The molecule has 15 heavy (non-hydrogen) atoms. The molecule has 2 aromatic rings. The van der Waals surface area contributed by atoms with Gasteiger partial charge in [-0.15, -0.1) is 0 Å². The zero-order chi connectivity index (χ0) is 11.0. The van der Waals surface area contributed by atoms with Crippen molar-refractivity contribution >= 4 is 22.4 Å². The predicted molar refractivity (Wildman–Crippen MR) is 64.1 cm³/mol. The van der Waals surface area contributed by atoms with E-state index in [1.165, 1.54) is 0 Å². The van der Waals surface area contributed by atoms with Crippen LogP contribution in [0, 0.1) is 6.92 Å². The first-order valence-electron chi connectivity index (χ1n) is 4.90. The van der Waals surface area contributed by atoms with Crippen LogP contribution in [-0.2, 0) is 0 Å². The van der Waals surface area contributed by atoms with E-state index in [1.807, 2.05) is 26.0 Å². The van der Waals surface area contributed by atoms with E-state index in [4.69, 9.17) is 17.3 Å². The van der Waals surface area contributed by atoms with Gasteiger partial charge < -0.3 is 5.73 Å². The Bertz CT molecular complexity index is 506. The van der Waals surface area contributed by atoms with Gasteiger partial charge >= 0.3 is 0 Å². The lowest BCUT2D eigenvalue weighted by atomic mass is 10.0. The molecule has 2 N–H and O–H groups in total. The van der Waals surface area contributed by atoms with Gasteiger partial charge in [-0.3, -0.25) is 4.98 Å². The Labute approximate surface area is 94.1 Å². The zero-order valence-electron chi connectivity index (χ0n) is 8.79. The molecule has 0 aliphatic carbocycles. The van der Waals surface area contributed by atoms with E-state index in [2.05, 4.69) is 11.1 Å². The number of aryl methyl sites for hydroxylation is 1. The zero-order valence-corrected chi connectivity index (χ0v) is 9.55. The molecule has 0 aliphatic heterocycles. The number of fused-ring (bicyclic) bond motifs is 1. The highest BCUT2D eigenvalue weighted by Crippen LogP contribution is 2.29. The molecule has 0 amide bonds. The van der Waals surface area contributed by atoms with Gasteiger partial charge in [-0.2, -0.15) is 0 Å². The largest absolute Gasteiger partial charge is 0.323 e. The number of halogens is 1. The minimum absolute atomic E-state index is 0.103. The summed E-state index contributed by atoms with van der Waals surface area (Å²) in [5.74, 6) is 0. The highest BCUT2D eigenvalue weighted by atomic mass is 35.5. The maximum Gasteiger partial charge on any atom is 0.0661 e. The molecule has 2 rings (SSSR count). The van der Waals surface area contributed by atoms with E-state index in [1.54, 1.807) is 6.20 Å². The minimum atomic E-state index is -0.103. The maximum absolute atomic E-state index is 6.22. The predicted octanol–water partition coefficient (Wildman–Crippen LogP) is 3.22. The van der Waals surface area contributed by atoms with E-state index < -0.39 is 0 Å². The van der Waals surface area contributed by atoms with Gasteiger partial charge in [0.05, 0.1) is 10.7 Å². The van der Waals surface area contributed by atoms with Crippen LogP contribution in [0.2, 0.25) is 5.02 Å². The average Bonchev–Trinajstić information content (AvgIpc) is 2.16. The summed E-state index contributed by atoms with van der Waals surface area (Å²) in [6.45, 7) is 3.94. The smallest absolute Gasteiger partial charge is 0.0661 e. The minimum Gasteiger partial charge on any atom is -0.323 e. The summed E-state index contributed by atoms with van der Waals surface area (Å²) in [7, 11) is 0. The summed E-state index contributed by atoms with van der Waals surface area (Å²) in [6.07, 6.45) is 1.77. The van der Waals surface area contributed by atoms with Crippen molar-refractivity contribution in [3.8, 4) is 0 Å². The molecule has 78 valence electrons. The molecule has 0 aliphatic rings. The summed E-state index contributed by atoms with van der Waals surface area (Å²) in [4.78, 5) is 4.29. The van der Waals surface area contributed by atoms with Gasteiger partial charge in [0.1, 0.15) is 0 Å². The standard InChI is InChI=1S/C12H13ClN2/c1-7-5-9-3-4-15-12(8(2)14)11(9)10(13)6-7/h3-6,8H,14H2,1-2H3. The van der Waals surface area contributed by atoms with Crippen LogP contribution in [0.5, 0.6) is 0 Å². The van der Waals surface area contributed by atoms with Crippen LogP contribution in [0.3, 0.4) is 0 Å². The van der Waals surface area contributed by atoms with Crippen molar-refractivity contribution in [2.75, 3.05) is 0 Å². The molecule has 1 heterocycles. The van der Waals surface area contributed by atoms with Crippen molar-refractivity contribution in [1.29, 1.82) is 0 Å². The highest BCUT2D eigenvalue weighted by molar-refractivity contribution is 6.35. The van der Waals surface area contributed by atoms with Crippen molar-refractivity contribution < 1.29 is 0 Å². The van der Waals surface area contributed by atoms with E-state index in [0.29, 0.717) is 0 Å². The van der Waals surface area contributed by atoms with Gasteiger partial charge in [0, 0.05) is 17.6 Å². The molecular formula is C12H13ClN2. The molecular weight excluding hydrogens is 208 g/mol. The third kappa shape index (κ3) is 1.83. The topological polar surface area (TPSA) is 38.9 Å². The molecule has 1 unspecified atom stereocenters. The molecule has 0 radical (unpaired) electrons. The third-order valence-corrected chi connectivity index (χ3v) is 2.72. The Morgan fingerprint density at radius 1 is 1.40 bits per heavy atom. The number of pyridine rings is 1. The van der Waals surface area contributed by atoms with Gasteiger partial charge in [0.15, 0.2) is 0 Å². The number of hydrogen-bond donors (Lipinski definition) is 1. The van der Waals surface area contributed by atoms with Gasteiger partial charge in [-0.05, 0) is 36.9 Å². The summed E-state index contributed by atoms with van der Waals surface area (Å²) >= 11 is 6.22. The van der Waals surface area contributed by atoms with Crippen molar-refractivity contribution in [2.45, 2.75) is 19.9 Å². The second-order valence-electron chi connectivity index (χ2n) is 3.83. The van der Waals surface area contributed by atoms with E-state index in [-0.39, 0.29) is 6.04 Å². The molecule has 2 nitrogen and oxygen atoms in total. The summed E-state index contributed by atoms with van der Waals surface area (Å²) in [5.41, 5.74) is 7.87. The van der Waals surface area contributed by atoms with E-state index in [9.17, 15) is 0 Å². The molecule has 0 spiro atoms. The van der Waals surface area contributed by atoms with E-state index in [0.717, 1.165) is 27.1 Å². The van der Waals surface area contributed by atoms with Crippen LogP contribution < -0.4 is 5.73 Å². The fraction of sp³-hybridized carbons (Fsp3) is 0.250. The molecule has 0 bridgehead atoms. The highest BCUT2D eigenvalue weighted by Gasteiger charge is 2.10. The average molecular weight is 221 g/mol. The Balaban J connectivity index is 2.85. The van der Waals surface area contributed by atoms with Gasteiger partial charge in [-0.1, -0.05) is 17.7 Å². The van der Waals surface area contributed by atoms with Crippen LogP contribution >= 0.6 is 11.6 Å². The van der Waals surface area contributed by atoms with E-state index >= 15 is 0 Å². The molecule has 1 aromatic heterocycles. The Hall–Kier alpha value is -1.12. The maximum atomic E-state index is 6.22. The summed E-state index contributed by atoms with van der Waals surface area (Å²) in [6, 6.07) is 5.89. The molecule has 0 saturated carbocycles. The first-order valence-corrected chi connectivity index (χ1v) is 5.27. The second-order valence-corrected chi connectivity index (χ2v) is 4.24. The monoisotopic (exact) mass is 220 g/mol. The fourth-order valence-corrected chi connectivity index (χ4v) is 2.16. The fourth-order valence-electron chi connectivity index (χ4n) is 1.78. The Morgan fingerprint density at radius 2 is 2.13 bits per heavy atom. The van der Waals surface area contributed by atoms with Crippen LogP contribution in [0.25, 0.3) is 10.8 Å². The number of hydrogen-bond acceptors (Lipinski definition) is 2. The SMILES string of the molecule is Cc1cc(Cl)c2c(C(C)N)nccc2c1. The van der Waals surface area contributed by atoms with Crippen molar-refractivity contribution in [3.63, 3.8) is 0 Å². The first-order chi connectivity index (χ1) is 7.09. The normalized spacial score (nSPS) is 13.1. The van der Waals surface area contributed by atoms with Gasteiger partial charge in [0.25, 0.3) is 0 Å². The van der Waals surface area contributed by atoms with Crippen LogP contribution in [0.1, 0.15) is 24.2 Å². The lowest BCUT2D eigenvalue weighted by molar-refractivity contribution is 0.791. The Morgan fingerprint density at radius 3 is 2.80 bits per heavy atom. The number of nitrogens with zero attached hydrogens (tertiary/aromatic N) is 1. The summed E-state index contributed by atoms with van der Waals surface area (Å²) in [5, 5.41) is 2.80. The van der Waals surface area contributed by atoms with Crippen LogP contribution in [-0.4, -0.2) is 4.98 Å². The lowest BCUT2D eigenvalue weighted by Gasteiger charge is -2.10. The number of benzene rings is 1. The Kier molecular flexibility index (Phi) is 2.63. The summed E-state index contributed by atoms with van der Waals surface area (Å²) < 4.78 is 0. The number of rotatable bonds is 1. The molecule has 0 fully saturated rings. The third-order valence-electron chi connectivity index (χ3n) is 2.42. The second kappa shape index (κ2) is 3.80. The molecule has 1 aromatic carbocycles. The van der Waals surface area contributed by atoms with Crippen LogP contribution in [0.4, 0.5) is 0 Å². The molecule has 1 atom stereocenters. The number of aromatic nitrogens is 1. The van der Waals surface area contributed by atoms with Gasteiger partial charge in [0.2, 0.25) is 0 Å². The molecule has 0 saturated heterocycles. The van der Waals surface area contributed by atoms with Crippen molar-refractivity contribution in [3.05, 3.63) is 40.7 Å². The van der Waals surface area contributed by atoms with Crippen molar-refractivity contribution in [2.24, 2.45) is 5.73 Å². The first kappa shape index (κ1) is 10.4. The number of nitrogens with two attached hydrogens (primary N) is 1.